The van der Waals surface area contributed by atoms with Crippen molar-refractivity contribution in [2.75, 3.05) is 13.7 Å². The molecule has 2 N–H and O–H groups in total. The predicted molar refractivity (Wildman–Crippen MR) is 82.0 cm³/mol. The number of guanidine groups is 1. The van der Waals surface area contributed by atoms with Gasteiger partial charge in [-0.2, -0.15) is 0 Å². The van der Waals surface area contributed by atoms with Crippen LogP contribution >= 0.6 is 0 Å². The normalized spacial score (nSPS) is 32.8. The molecule has 4 heteroatoms. The van der Waals surface area contributed by atoms with Crippen LogP contribution in [0.25, 0.3) is 0 Å². The third kappa shape index (κ3) is 2.43. The molecule has 0 radical (unpaired) electrons. The zero-order valence-corrected chi connectivity index (χ0v) is 13.0. The van der Waals surface area contributed by atoms with Crippen LogP contribution in [0.5, 0.6) is 0 Å². The summed E-state index contributed by atoms with van der Waals surface area (Å²) in [5, 5.41) is 7.27. The van der Waals surface area contributed by atoms with Gasteiger partial charge in [0.25, 0.3) is 0 Å². The Bertz CT molecular complexity index is 359. The molecule has 3 aliphatic rings. The smallest absolute Gasteiger partial charge is 0.191 e. The van der Waals surface area contributed by atoms with E-state index in [0.717, 1.165) is 19.0 Å². The highest BCUT2D eigenvalue weighted by Crippen LogP contribution is 2.57. The molecule has 20 heavy (non-hydrogen) atoms. The average Bonchev–Trinajstić information content (AvgIpc) is 2.87. The first-order valence-electron chi connectivity index (χ1n) is 8.40. The molecule has 0 aromatic heterocycles. The van der Waals surface area contributed by atoms with E-state index in [1.54, 1.807) is 0 Å². The second-order valence-corrected chi connectivity index (χ2v) is 6.66. The van der Waals surface area contributed by atoms with Crippen molar-refractivity contribution in [2.45, 2.75) is 76.5 Å². The highest BCUT2D eigenvalue weighted by molar-refractivity contribution is 5.80. The Hall–Kier alpha value is -0.770. The van der Waals surface area contributed by atoms with Crippen LogP contribution in [0.15, 0.2) is 4.99 Å². The van der Waals surface area contributed by atoms with Crippen LogP contribution in [0, 0.1) is 5.41 Å². The van der Waals surface area contributed by atoms with Crippen LogP contribution in [0.1, 0.15) is 58.3 Å². The second kappa shape index (κ2) is 5.92. The van der Waals surface area contributed by atoms with Crippen molar-refractivity contribution in [3.8, 4) is 0 Å². The molecule has 0 saturated heterocycles. The van der Waals surface area contributed by atoms with Gasteiger partial charge in [-0.1, -0.05) is 19.3 Å². The van der Waals surface area contributed by atoms with Gasteiger partial charge in [-0.25, -0.2) is 0 Å². The average molecular weight is 279 g/mol. The number of ether oxygens (including phenoxy) is 1. The Morgan fingerprint density at radius 2 is 1.95 bits per heavy atom. The molecule has 3 fully saturated rings. The lowest BCUT2D eigenvalue weighted by Gasteiger charge is -2.61. The van der Waals surface area contributed by atoms with Gasteiger partial charge in [0.1, 0.15) is 0 Å². The fourth-order valence-corrected chi connectivity index (χ4v) is 4.24. The van der Waals surface area contributed by atoms with E-state index in [1.165, 1.54) is 44.9 Å². The maximum Gasteiger partial charge on any atom is 0.191 e. The molecule has 3 aliphatic carbocycles. The Balaban J connectivity index is 1.54. The number of nitrogens with zero attached hydrogens (tertiary/aromatic N) is 1. The van der Waals surface area contributed by atoms with Gasteiger partial charge >= 0.3 is 0 Å². The monoisotopic (exact) mass is 279 g/mol. The van der Waals surface area contributed by atoms with Crippen molar-refractivity contribution in [3.05, 3.63) is 0 Å². The van der Waals surface area contributed by atoms with Crippen LogP contribution in [-0.2, 0) is 4.74 Å². The van der Waals surface area contributed by atoms with Gasteiger partial charge in [0.15, 0.2) is 5.96 Å². The molecule has 3 rings (SSSR count). The lowest BCUT2D eigenvalue weighted by Crippen LogP contribution is -2.68. The van der Waals surface area contributed by atoms with Crippen molar-refractivity contribution >= 4 is 5.96 Å². The molecule has 2 atom stereocenters. The van der Waals surface area contributed by atoms with E-state index in [0.29, 0.717) is 23.6 Å². The van der Waals surface area contributed by atoms with Gasteiger partial charge in [0.2, 0.25) is 0 Å². The third-order valence-corrected chi connectivity index (χ3v) is 5.67. The second-order valence-electron chi connectivity index (χ2n) is 6.66. The number of aliphatic imine (C=N–C) groups is 1. The third-order valence-electron chi connectivity index (χ3n) is 5.67. The van der Waals surface area contributed by atoms with Crippen molar-refractivity contribution in [1.29, 1.82) is 0 Å². The number of hydrogen-bond acceptors (Lipinski definition) is 2. The van der Waals surface area contributed by atoms with Crippen molar-refractivity contribution in [3.63, 3.8) is 0 Å². The summed E-state index contributed by atoms with van der Waals surface area (Å²) in [6.45, 7) is 2.95. The van der Waals surface area contributed by atoms with E-state index in [9.17, 15) is 0 Å². The van der Waals surface area contributed by atoms with E-state index >= 15 is 0 Å². The number of hydrogen-bond donors (Lipinski definition) is 2. The summed E-state index contributed by atoms with van der Waals surface area (Å²) in [5.74, 6) is 1.00. The van der Waals surface area contributed by atoms with E-state index in [-0.39, 0.29) is 0 Å². The molecule has 114 valence electrons. The van der Waals surface area contributed by atoms with Crippen molar-refractivity contribution in [1.82, 2.24) is 10.6 Å². The van der Waals surface area contributed by atoms with E-state index in [4.69, 9.17) is 4.74 Å². The van der Waals surface area contributed by atoms with Gasteiger partial charge in [-0.3, -0.25) is 4.99 Å². The minimum atomic E-state index is 0.406. The molecule has 0 aromatic rings. The summed E-state index contributed by atoms with van der Waals surface area (Å²) in [6, 6.07) is 1.18. The highest BCUT2D eigenvalue weighted by atomic mass is 16.5. The lowest BCUT2D eigenvalue weighted by molar-refractivity contribution is -0.168. The maximum atomic E-state index is 5.91. The molecule has 0 amide bonds. The number of nitrogens with one attached hydrogen (secondary N) is 2. The minimum absolute atomic E-state index is 0.406. The Morgan fingerprint density at radius 1 is 1.20 bits per heavy atom. The maximum absolute atomic E-state index is 5.91. The molecule has 1 spiro atoms. The molecular weight excluding hydrogens is 250 g/mol. The fourth-order valence-electron chi connectivity index (χ4n) is 4.24. The molecule has 0 heterocycles. The summed E-state index contributed by atoms with van der Waals surface area (Å²) in [6.07, 6.45) is 10.9. The largest absolute Gasteiger partial charge is 0.378 e. The summed E-state index contributed by atoms with van der Waals surface area (Å²) in [4.78, 5) is 4.42. The molecule has 0 aromatic carbocycles. The first-order valence-corrected chi connectivity index (χ1v) is 8.40. The van der Waals surface area contributed by atoms with Crippen molar-refractivity contribution in [2.24, 2.45) is 10.4 Å². The summed E-state index contributed by atoms with van der Waals surface area (Å²) >= 11 is 0. The van der Waals surface area contributed by atoms with Gasteiger partial charge in [0.05, 0.1) is 6.10 Å². The first kappa shape index (κ1) is 14.2. The zero-order chi connectivity index (χ0) is 14.0. The van der Waals surface area contributed by atoms with Crippen LogP contribution in [0.4, 0.5) is 0 Å². The van der Waals surface area contributed by atoms with Crippen LogP contribution in [-0.4, -0.2) is 37.8 Å². The zero-order valence-electron chi connectivity index (χ0n) is 13.0. The SMILES string of the molecule is CCOC1CC(NC(=NC)NC2CCCC2)C12CCC2. The van der Waals surface area contributed by atoms with Crippen LogP contribution in [0.2, 0.25) is 0 Å². The van der Waals surface area contributed by atoms with Crippen molar-refractivity contribution < 1.29 is 4.74 Å². The minimum Gasteiger partial charge on any atom is -0.378 e. The summed E-state index contributed by atoms with van der Waals surface area (Å²) in [7, 11) is 1.89. The van der Waals surface area contributed by atoms with Gasteiger partial charge < -0.3 is 15.4 Å². The quantitative estimate of drug-likeness (QED) is 0.614. The standard InChI is InChI=1S/C16H29N3O/c1-3-20-14-11-13(16(14)9-6-10-16)19-15(17-2)18-12-7-4-5-8-12/h12-14H,3-11H2,1-2H3,(H2,17,18,19). The highest BCUT2D eigenvalue weighted by Gasteiger charge is 2.59. The Labute approximate surface area is 122 Å². The van der Waals surface area contributed by atoms with Crippen LogP contribution < -0.4 is 10.6 Å². The van der Waals surface area contributed by atoms with E-state index in [1.807, 2.05) is 7.05 Å². The van der Waals surface area contributed by atoms with Gasteiger partial charge in [-0.15, -0.1) is 0 Å². The molecule has 3 saturated carbocycles. The molecule has 2 unspecified atom stereocenters. The summed E-state index contributed by atoms with van der Waals surface area (Å²) in [5.41, 5.74) is 0.406. The molecule has 0 bridgehead atoms. The first-order chi connectivity index (χ1) is 9.78. The topological polar surface area (TPSA) is 45.6 Å². The predicted octanol–water partition coefficient (Wildman–Crippen LogP) is 2.44. The molecular formula is C16H29N3O. The van der Waals surface area contributed by atoms with E-state index in [2.05, 4.69) is 22.5 Å². The Morgan fingerprint density at radius 3 is 2.50 bits per heavy atom. The molecule has 0 aliphatic heterocycles. The molecule has 4 nitrogen and oxygen atoms in total. The number of rotatable bonds is 4. The van der Waals surface area contributed by atoms with E-state index < -0.39 is 0 Å². The summed E-state index contributed by atoms with van der Waals surface area (Å²) < 4.78 is 5.91. The lowest BCUT2D eigenvalue weighted by atomic mass is 9.51. The van der Waals surface area contributed by atoms with Gasteiger partial charge in [0, 0.05) is 31.2 Å². The Kier molecular flexibility index (Phi) is 4.20. The fraction of sp³-hybridized carbons (Fsp3) is 0.938. The van der Waals surface area contributed by atoms with Crippen LogP contribution in [0.3, 0.4) is 0 Å². The van der Waals surface area contributed by atoms with Gasteiger partial charge in [-0.05, 0) is 39.0 Å².